The van der Waals surface area contributed by atoms with Crippen molar-refractivity contribution in [2.24, 2.45) is 0 Å². The summed E-state index contributed by atoms with van der Waals surface area (Å²) < 4.78 is 17.3. The Bertz CT molecular complexity index is 740. The molecule has 0 aliphatic rings. The Morgan fingerprint density at radius 2 is 2.29 bits per heavy atom. The van der Waals surface area contributed by atoms with Crippen LogP contribution in [-0.2, 0) is 15.8 Å². The molecule has 0 amide bonds. The van der Waals surface area contributed by atoms with Crippen LogP contribution in [0.5, 0.6) is 0 Å². The highest BCUT2D eigenvalue weighted by Gasteiger charge is 2.19. The molecule has 0 bridgehead atoms. The molecule has 12 heteroatoms. The number of rotatable bonds is 6. The Morgan fingerprint density at radius 3 is 2.90 bits per heavy atom. The topological polar surface area (TPSA) is 156 Å². The maximum atomic E-state index is 11.6. The van der Waals surface area contributed by atoms with Gasteiger partial charge in [0.15, 0.2) is 11.2 Å². The van der Waals surface area contributed by atoms with Gasteiger partial charge in [0.25, 0.3) is 5.56 Å². The minimum atomic E-state index is -4.28. The Labute approximate surface area is 123 Å². The number of hydrogen-bond acceptors (Lipinski definition) is 6. The molecule has 0 saturated heterocycles. The number of nitrogens with two attached hydrogens (primary N) is 1. The molecule has 0 radical (unpaired) electrons. The van der Waals surface area contributed by atoms with Crippen molar-refractivity contribution in [1.29, 1.82) is 0 Å². The highest BCUT2D eigenvalue weighted by molar-refractivity contribution is 7.51. The van der Waals surface area contributed by atoms with Gasteiger partial charge in [0.2, 0.25) is 5.95 Å². The third-order valence-electron chi connectivity index (χ3n) is 2.54. The largest absolute Gasteiger partial charge is 0.369 e. The van der Waals surface area contributed by atoms with Crippen LogP contribution in [0, 0.1) is 0 Å². The van der Waals surface area contributed by atoms with E-state index in [1.54, 1.807) is 0 Å². The molecule has 0 saturated carbocycles. The van der Waals surface area contributed by atoms with Gasteiger partial charge < -0.3 is 24.8 Å². The number of fused-ring (bicyclic) bond motifs is 1. The van der Waals surface area contributed by atoms with Crippen molar-refractivity contribution in [2.75, 3.05) is 18.0 Å². The van der Waals surface area contributed by atoms with Gasteiger partial charge in [-0.2, -0.15) is 4.98 Å². The predicted molar refractivity (Wildman–Crippen MR) is 75.1 cm³/mol. The lowest BCUT2D eigenvalue weighted by atomic mass is 10.4. The SMILES string of the molecule is Nc1nc2c(ncn2C[C@H](CCl)OCP(=O)(O)O)c(=O)[nH]1. The van der Waals surface area contributed by atoms with Crippen molar-refractivity contribution in [3.05, 3.63) is 16.7 Å². The number of H-pyrrole nitrogens is 1. The van der Waals surface area contributed by atoms with Gasteiger partial charge in [-0.15, -0.1) is 11.6 Å². The molecule has 2 aromatic heterocycles. The van der Waals surface area contributed by atoms with E-state index in [-0.39, 0.29) is 29.5 Å². The van der Waals surface area contributed by atoms with Crippen LogP contribution < -0.4 is 11.3 Å². The minimum absolute atomic E-state index is 0.00164. The van der Waals surface area contributed by atoms with Crippen LogP contribution in [0.25, 0.3) is 11.2 Å². The van der Waals surface area contributed by atoms with Gasteiger partial charge in [0.05, 0.1) is 24.9 Å². The van der Waals surface area contributed by atoms with Crippen LogP contribution in [0.4, 0.5) is 5.95 Å². The summed E-state index contributed by atoms with van der Waals surface area (Å²) in [7, 11) is -4.28. The highest BCUT2D eigenvalue weighted by atomic mass is 35.5. The summed E-state index contributed by atoms with van der Waals surface area (Å²) in [5, 5.41) is 0. The molecule has 2 aromatic rings. The summed E-state index contributed by atoms with van der Waals surface area (Å²) >= 11 is 5.70. The zero-order valence-electron chi connectivity index (χ0n) is 10.6. The minimum Gasteiger partial charge on any atom is -0.369 e. The van der Waals surface area contributed by atoms with Gasteiger partial charge in [-0.1, -0.05) is 0 Å². The van der Waals surface area contributed by atoms with Gasteiger partial charge >= 0.3 is 7.60 Å². The van der Waals surface area contributed by atoms with Gasteiger partial charge in [-0.25, -0.2) is 4.98 Å². The third kappa shape index (κ3) is 4.02. The summed E-state index contributed by atoms with van der Waals surface area (Å²) in [6, 6.07) is 0. The van der Waals surface area contributed by atoms with E-state index in [0.717, 1.165) is 0 Å². The molecule has 0 aliphatic heterocycles. The Morgan fingerprint density at radius 1 is 1.57 bits per heavy atom. The maximum absolute atomic E-state index is 11.6. The Hall–Kier alpha value is -1.45. The molecule has 116 valence electrons. The van der Waals surface area contributed by atoms with Crippen LogP contribution in [0.15, 0.2) is 11.1 Å². The number of ether oxygens (including phenoxy) is 1. The van der Waals surface area contributed by atoms with Crippen molar-refractivity contribution in [1.82, 2.24) is 19.5 Å². The summed E-state index contributed by atoms with van der Waals surface area (Å²) in [5.74, 6) is -0.0639. The molecule has 0 fully saturated rings. The monoisotopic (exact) mass is 337 g/mol. The first-order valence-corrected chi connectivity index (χ1v) is 8.06. The van der Waals surface area contributed by atoms with Gasteiger partial charge in [0, 0.05) is 0 Å². The average Bonchev–Trinajstić information content (AvgIpc) is 2.76. The quantitative estimate of drug-likeness (QED) is 0.404. The third-order valence-corrected chi connectivity index (χ3v) is 3.37. The van der Waals surface area contributed by atoms with Gasteiger partial charge in [0.1, 0.15) is 6.35 Å². The fraction of sp³-hybridized carbons (Fsp3) is 0.444. The van der Waals surface area contributed by atoms with Crippen molar-refractivity contribution >= 4 is 36.3 Å². The number of nitrogens with one attached hydrogen (secondary N) is 1. The number of aromatic amines is 1. The number of aromatic nitrogens is 4. The first-order chi connectivity index (χ1) is 9.80. The number of imidazole rings is 1. The highest BCUT2D eigenvalue weighted by Crippen LogP contribution is 2.34. The first kappa shape index (κ1) is 15.9. The Kier molecular flexibility index (Phi) is 4.64. The molecule has 0 aliphatic carbocycles. The molecule has 2 heterocycles. The smallest absolute Gasteiger partial charge is 0.350 e. The standard InChI is InChI=1S/C9H13ClN5O5P/c10-1-5(20-4-21(17,18)19)2-15-3-12-6-7(15)13-9(11)14-8(6)16/h3,5H,1-2,4H2,(H2,17,18,19)(H3,11,13,14,16)/t5-/m0/s1. The number of hydrogen-bond donors (Lipinski definition) is 4. The second-order valence-electron chi connectivity index (χ2n) is 4.26. The average molecular weight is 338 g/mol. The van der Waals surface area contributed by atoms with Crippen molar-refractivity contribution in [3.63, 3.8) is 0 Å². The number of nitrogen functional groups attached to an aromatic ring is 1. The van der Waals surface area contributed by atoms with E-state index in [9.17, 15) is 9.36 Å². The summed E-state index contributed by atoms with van der Waals surface area (Å²) in [5.41, 5.74) is 5.33. The zero-order chi connectivity index (χ0) is 15.6. The second-order valence-corrected chi connectivity index (χ2v) is 6.15. The second kappa shape index (κ2) is 6.12. The van der Waals surface area contributed by atoms with Crippen molar-refractivity contribution in [3.8, 4) is 0 Å². The van der Waals surface area contributed by atoms with Crippen LogP contribution in [0.2, 0.25) is 0 Å². The first-order valence-electron chi connectivity index (χ1n) is 5.73. The van der Waals surface area contributed by atoms with E-state index < -0.39 is 25.6 Å². The predicted octanol–water partition coefficient (Wildman–Crippen LogP) is -0.539. The van der Waals surface area contributed by atoms with Crippen LogP contribution in [-0.4, -0.2) is 47.6 Å². The maximum Gasteiger partial charge on any atom is 0.350 e. The van der Waals surface area contributed by atoms with Crippen molar-refractivity contribution < 1.29 is 19.1 Å². The molecule has 0 aromatic carbocycles. The molecule has 10 nitrogen and oxygen atoms in total. The lowest BCUT2D eigenvalue weighted by molar-refractivity contribution is 0.0788. The molecule has 21 heavy (non-hydrogen) atoms. The fourth-order valence-electron chi connectivity index (χ4n) is 1.67. The molecular formula is C9H13ClN5O5P. The summed E-state index contributed by atoms with van der Waals surface area (Å²) in [6.07, 6.45) is -0.0705. The number of anilines is 1. The number of halogens is 1. The van der Waals surface area contributed by atoms with E-state index in [1.165, 1.54) is 10.9 Å². The van der Waals surface area contributed by atoms with Crippen LogP contribution in [0.1, 0.15) is 0 Å². The lowest BCUT2D eigenvalue weighted by Crippen LogP contribution is -2.23. The van der Waals surface area contributed by atoms with E-state index >= 15 is 0 Å². The van der Waals surface area contributed by atoms with Gasteiger partial charge in [-0.05, 0) is 0 Å². The molecule has 5 N–H and O–H groups in total. The molecular weight excluding hydrogens is 325 g/mol. The number of nitrogens with zero attached hydrogens (tertiary/aromatic N) is 3. The van der Waals surface area contributed by atoms with E-state index in [2.05, 4.69) is 15.0 Å². The summed E-state index contributed by atoms with van der Waals surface area (Å²) in [6.45, 7) is 0.121. The van der Waals surface area contributed by atoms with Crippen LogP contribution >= 0.6 is 19.2 Å². The van der Waals surface area contributed by atoms with Crippen LogP contribution in [0.3, 0.4) is 0 Å². The zero-order valence-corrected chi connectivity index (χ0v) is 12.3. The normalized spacial score (nSPS) is 13.7. The van der Waals surface area contributed by atoms with E-state index in [4.69, 9.17) is 31.9 Å². The molecule has 0 unspecified atom stereocenters. The Balaban J connectivity index is 2.22. The molecule has 1 atom stereocenters. The lowest BCUT2D eigenvalue weighted by Gasteiger charge is -2.16. The summed E-state index contributed by atoms with van der Waals surface area (Å²) in [4.78, 5) is 39.4. The number of alkyl halides is 1. The van der Waals surface area contributed by atoms with E-state index in [1.807, 2.05) is 0 Å². The molecule has 2 rings (SSSR count). The van der Waals surface area contributed by atoms with Gasteiger partial charge in [-0.3, -0.25) is 14.3 Å². The van der Waals surface area contributed by atoms with E-state index in [0.29, 0.717) is 0 Å². The fourth-order valence-corrected chi connectivity index (χ4v) is 2.26. The van der Waals surface area contributed by atoms with Crippen molar-refractivity contribution in [2.45, 2.75) is 12.6 Å². The molecule has 0 spiro atoms.